The van der Waals surface area contributed by atoms with Gasteiger partial charge in [0.25, 0.3) is 5.22 Å². The van der Waals surface area contributed by atoms with Crippen molar-refractivity contribution in [3.05, 3.63) is 53.4 Å². The molecule has 0 unspecified atom stereocenters. The maximum atomic E-state index is 8.89. The van der Waals surface area contributed by atoms with E-state index < -0.39 is 0 Å². The summed E-state index contributed by atoms with van der Waals surface area (Å²) in [7, 11) is 0. The van der Waals surface area contributed by atoms with Crippen LogP contribution in [0.15, 0.2) is 52.3 Å². The molecule has 0 aliphatic carbocycles. The summed E-state index contributed by atoms with van der Waals surface area (Å²) in [5, 5.41) is 16.7. The van der Waals surface area contributed by atoms with Gasteiger partial charge in [0.2, 0.25) is 0 Å². The fourth-order valence-corrected chi connectivity index (χ4v) is 3.72. The lowest BCUT2D eigenvalue weighted by Gasteiger charge is -2.12. The van der Waals surface area contributed by atoms with Crippen molar-refractivity contribution in [2.24, 2.45) is 0 Å². The molecule has 2 aromatic rings. The van der Waals surface area contributed by atoms with Crippen LogP contribution in [0, 0.1) is 11.3 Å². The highest BCUT2D eigenvalue weighted by atomic mass is 35.5. The number of hydrogen-bond donors (Lipinski definition) is 2. The molecule has 2 aromatic heterocycles. The predicted octanol–water partition coefficient (Wildman–Crippen LogP) is 3.68. The Bertz CT molecular complexity index is 718. The minimum Gasteiger partial charge on any atom is -0.440 e. The van der Waals surface area contributed by atoms with Gasteiger partial charge in [0.1, 0.15) is 12.1 Å². The maximum Gasteiger partial charge on any atom is 0.255 e. The van der Waals surface area contributed by atoms with E-state index in [0.717, 1.165) is 48.3 Å². The van der Waals surface area contributed by atoms with E-state index in [2.05, 4.69) is 26.7 Å². The maximum absolute atomic E-state index is 8.89. The van der Waals surface area contributed by atoms with Crippen LogP contribution in [0.3, 0.4) is 0 Å². The van der Waals surface area contributed by atoms with Crippen LogP contribution in [-0.4, -0.2) is 34.6 Å². The first-order valence-electron chi connectivity index (χ1n) is 8.06. The summed E-state index contributed by atoms with van der Waals surface area (Å²) in [6.07, 6.45) is 7.38. The molecule has 2 rings (SSSR count). The zero-order valence-electron chi connectivity index (χ0n) is 14.2. The van der Waals surface area contributed by atoms with E-state index in [0.29, 0.717) is 10.2 Å². The van der Waals surface area contributed by atoms with Crippen molar-refractivity contribution in [2.75, 3.05) is 24.6 Å². The Kier molecular flexibility index (Phi) is 9.87. The predicted molar refractivity (Wildman–Crippen MR) is 107 cm³/mol. The zero-order chi connectivity index (χ0) is 18.5. The molecule has 0 amide bonds. The average Bonchev–Trinajstić information content (AvgIpc) is 3.16. The number of aromatic nitrogens is 2. The van der Waals surface area contributed by atoms with E-state index in [1.165, 1.54) is 6.08 Å². The molecule has 0 aliphatic rings. The highest BCUT2D eigenvalue weighted by Gasteiger charge is 2.02. The van der Waals surface area contributed by atoms with Crippen molar-refractivity contribution in [3.8, 4) is 6.07 Å². The lowest BCUT2D eigenvalue weighted by atomic mass is 10.4. The molecule has 26 heavy (non-hydrogen) atoms. The molecule has 6 nitrogen and oxygen atoms in total. The first kappa shape index (κ1) is 20.5. The molecule has 0 atom stereocenters. The topological polar surface area (TPSA) is 86.8 Å². The van der Waals surface area contributed by atoms with Crippen molar-refractivity contribution in [2.45, 2.75) is 17.4 Å². The molecule has 0 saturated carbocycles. The molecule has 0 fully saturated rings. The van der Waals surface area contributed by atoms with Crippen molar-refractivity contribution in [3.63, 3.8) is 0 Å². The molecule has 2 N–H and O–H groups in total. The third-order valence-corrected chi connectivity index (χ3v) is 5.37. The lowest BCUT2D eigenvalue weighted by Crippen LogP contribution is -2.29. The van der Waals surface area contributed by atoms with E-state index in [-0.39, 0.29) is 0 Å². The molecule has 0 aromatic carbocycles. The molecular weight excluding hydrogens is 390 g/mol. The summed E-state index contributed by atoms with van der Waals surface area (Å²) >= 11 is 9.40. The van der Waals surface area contributed by atoms with Gasteiger partial charge in [-0.15, -0.1) is 0 Å². The van der Waals surface area contributed by atoms with Crippen LogP contribution in [0.5, 0.6) is 0 Å². The van der Waals surface area contributed by atoms with E-state index in [1.807, 2.05) is 12.1 Å². The molecule has 0 aliphatic heterocycles. The number of nitrogens with one attached hydrogen (secondary N) is 2. The second-order valence-corrected chi connectivity index (χ2v) is 7.58. The number of rotatable bonds is 12. The molecular formula is C17H20ClN5OS2. The monoisotopic (exact) mass is 409 g/mol. The first-order chi connectivity index (χ1) is 12.8. The normalized spacial score (nSPS) is 11.2. The molecule has 0 radical (unpaired) electrons. The van der Waals surface area contributed by atoms with E-state index in [9.17, 15) is 0 Å². The number of hydrogen-bond acceptors (Lipinski definition) is 8. The van der Waals surface area contributed by atoms with Crippen molar-refractivity contribution >= 4 is 35.1 Å². The molecule has 9 heteroatoms. The van der Waals surface area contributed by atoms with Gasteiger partial charge < -0.3 is 15.1 Å². The van der Waals surface area contributed by atoms with Crippen LogP contribution in [0.1, 0.15) is 12.1 Å². The number of halogens is 1. The quantitative estimate of drug-likeness (QED) is 0.312. The largest absolute Gasteiger partial charge is 0.440 e. The number of pyridine rings is 1. The molecule has 0 spiro atoms. The summed E-state index contributed by atoms with van der Waals surface area (Å²) < 4.78 is 5.16. The fourth-order valence-electron chi connectivity index (χ4n) is 1.92. The number of allylic oxidation sites excluding steroid dienone is 1. The van der Waals surface area contributed by atoms with E-state index in [1.54, 1.807) is 42.2 Å². The molecule has 0 bridgehead atoms. The van der Waals surface area contributed by atoms with Crippen molar-refractivity contribution in [1.82, 2.24) is 20.6 Å². The lowest BCUT2D eigenvalue weighted by molar-refractivity contribution is 0.454. The Morgan fingerprint density at radius 1 is 1.27 bits per heavy atom. The van der Waals surface area contributed by atoms with Crippen LogP contribution in [0.25, 0.3) is 0 Å². The third-order valence-electron chi connectivity index (χ3n) is 3.12. The third kappa shape index (κ3) is 8.04. The highest BCUT2D eigenvalue weighted by molar-refractivity contribution is 7.99. The van der Waals surface area contributed by atoms with Crippen molar-refractivity contribution in [1.29, 1.82) is 5.26 Å². The average molecular weight is 410 g/mol. The van der Waals surface area contributed by atoms with Gasteiger partial charge in [-0.05, 0) is 18.6 Å². The molecule has 138 valence electrons. The summed E-state index contributed by atoms with van der Waals surface area (Å²) in [6, 6.07) is 5.73. The van der Waals surface area contributed by atoms with Gasteiger partial charge in [-0.3, -0.25) is 4.98 Å². The van der Waals surface area contributed by atoms with Crippen LogP contribution in [-0.2, 0) is 5.75 Å². The Hall–Kier alpha value is -1.82. The minimum absolute atomic E-state index is 0.681. The summed E-state index contributed by atoms with van der Waals surface area (Å²) in [6.45, 7) is 1.52. The van der Waals surface area contributed by atoms with Crippen LogP contribution >= 0.6 is 35.1 Å². The van der Waals surface area contributed by atoms with Crippen LogP contribution < -0.4 is 10.6 Å². The first-order valence-corrected chi connectivity index (χ1v) is 10.6. The van der Waals surface area contributed by atoms with Gasteiger partial charge in [-0.1, -0.05) is 23.4 Å². The van der Waals surface area contributed by atoms with Gasteiger partial charge >= 0.3 is 0 Å². The summed E-state index contributed by atoms with van der Waals surface area (Å²) in [4.78, 5) is 8.32. The van der Waals surface area contributed by atoms with Gasteiger partial charge in [0.05, 0.1) is 29.1 Å². The Balaban J connectivity index is 1.57. The fraction of sp³-hybridized carbons (Fsp3) is 0.353. The van der Waals surface area contributed by atoms with E-state index >= 15 is 0 Å². The standard InChI is InChI=1S/C17H20ClN5OS2/c18-14-3-1-6-20-15(14)13-25-12-9-22-16(4-5-19)21-7-2-11-26-17-23-8-10-24-17/h1,3-4,6,8,10,21-22H,2,7,9,11-13H2/b16-4+. The van der Waals surface area contributed by atoms with Crippen LogP contribution in [0.2, 0.25) is 5.02 Å². The number of nitrogens with zero attached hydrogens (tertiary/aromatic N) is 3. The Labute approximate surface area is 166 Å². The Morgan fingerprint density at radius 2 is 2.15 bits per heavy atom. The number of oxazole rings is 1. The van der Waals surface area contributed by atoms with Gasteiger partial charge in [0.15, 0.2) is 0 Å². The molecule has 0 saturated heterocycles. The second kappa shape index (κ2) is 12.5. The number of thioether (sulfide) groups is 2. The zero-order valence-corrected chi connectivity index (χ0v) is 16.5. The Morgan fingerprint density at radius 3 is 2.92 bits per heavy atom. The van der Waals surface area contributed by atoms with Gasteiger partial charge in [0, 0.05) is 36.5 Å². The number of nitriles is 1. The highest BCUT2D eigenvalue weighted by Crippen LogP contribution is 2.18. The summed E-state index contributed by atoms with van der Waals surface area (Å²) in [5.41, 5.74) is 0.897. The second-order valence-electron chi connectivity index (χ2n) is 5.03. The van der Waals surface area contributed by atoms with Gasteiger partial charge in [-0.2, -0.15) is 17.0 Å². The van der Waals surface area contributed by atoms with E-state index in [4.69, 9.17) is 21.3 Å². The molecule has 2 heterocycles. The minimum atomic E-state index is 0.681. The van der Waals surface area contributed by atoms with Crippen molar-refractivity contribution < 1.29 is 4.42 Å². The van der Waals surface area contributed by atoms with Crippen LogP contribution in [0.4, 0.5) is 0 Å². The smallest absolute Gasteiger partial charge is 0.255 e. The summed E-state index contributed by atoms with van der Waals surface area (Å²) in [5.74, 6) is 3.29. The SMILES string of the molecule is N#C/C=C(\NCCCSc1ncco1)NCCSCc1ncccc1Cl. The van der Waals surface area contributed by atoms with Gasteiger partial charge in [-0.25, -0.2) is 4.98 Å².